The molecule has 5 rings (SSSR count). The molecule has 2 heterocycles. The van der Waals surface area contributed by atoms with Crippen LogP contribution in [0.3, 0.4) is 0 Å². The molecule has 0 atom stereocenters. The van der Waals surface area contributed by atoms with Gasteiger partial charge in [-0.2, -0.15) is 5.21 Å². The third-order valence-corrected chi connectivity index (χ3v) is 5.62. The Morgan fingerprint density at radius 1 is 1.00 bits per heavy atom. The second-order valence-corrected chi connectivity index (χ2v) is 7.83. The summed E-state index contributed by atoms with van der Waals surface area (Å²) < 4.78 is 6.24. The van der Waals surface area contributed by atoms with Crippen molar-refractivity contribution in [3.8, 4) is 28.3 Å². The topological polar surface area (TPSA) is 120 Å². The Morgan fingerprint density at radius 3 is 2.59 bits per heavy atom. The van der Waals surface area contributed by atoms with Crippen LogP contribution >= 0.6 is 0 Å². The first-order valence-corrected chi connectivity index (χ1v) is 10.9. The molecular weight excluding hydrogens is 428 g/mol. The van der Waals surface area contributed by atoms with Gasteiger partial charge in [-0.1, -0.05) is 49.4 Å². The van der Waals surface area contributed by atoms with Gasteiger partial charge in [-0.3, -0.25) is 9.78 Å². The van der Waals surface area contributed by atoms with Crippen molar-refractivity contribution in [2.24, 2.45) is 5.73 Å². The normalized spacial score (nSPS) is 11.0. The van der Waals surface area contributed by atoms with E-state index in [1.165, 1.54) is 0 Å². The molecule has 34 heavy (non-hydrogen) atoms. The highest BCUT2D eigenvalue weighted by Crippen LogP contribution is 2.32. The molecule has 0 radical (unpaired) electrons. The Kier molecular flexibility index (Phi) is 5.70. The summed E-state index contributed by atoms with van der Waals surface area (Å²) in [6.45, 7) is 2.35. The SMILES string of the molecule is CCc1cc(OCc2ccc(-c3ccccc3)c(-c3nn[nH]n3)c2)c2cc(C(N)=O)ccc2n1. The Balaban J connectivity index is 1.51. The van der Waals surface area contributed by atoms with Crippen molar-refractivity contribution < 1.29 is 9.53 Å². The summed E-state index contributed by atoms with van der Waals surface area (Å²) >= 11 is 0. The molecule has 0 spiro atoms. The number of ether oxygens (including phenoxy) is 1. The van der Waals surface area contributed by atoms with Crippen LogP contribution in [-0.2, 0) is 13.0 Å². The molecule has 0 saturated heterocycles. The van der Waals surface area contributed by atoms with Crippen LogP contribution in [0.25, 0.3) is 33.4 Å². The van der Waals surface area contributed by atoms with Crippen LogP contribution in [0.15, 0.2) is 72.8 Å². The van der Waals surface area contributed by atoms with Gasteiger partial charge in [0.15, 0.2) is 0 Å². The summed E-state index contributed by atoms with van der Waals surface area (Å²) in [4.78, 5) is 16.3. The second kappa shape index (κ2) is 9.11. The van der Waals surface area contributed by atoms with Gasteiger partial charge in [-0.25, -0.2) is 0 Å². The standard InChI is InChI=1S/C26H22N6O2/c1-2-19-14-24(22-13-18(25(27)33)9-11-23(22)28-19)34-15-16-8-10-20(17-6-4-3-5-7-17)21(12-16)26-29-31-32-30-26/h3-14H,2,15H2,1H3,(H2,27,33)(H,29,30,31,32). The van der Waals surface area contributed by atoms with Gasteiger partial charge in [0.2, 0.25) is 11.7 Å². The van der Waals surface area contributed by atoms with Crippen molar-refractivity contribution in [1.29, 1.82) is 0 Å². The maximum atomic E-state index is 11.7. The highest BCUT2D eigenvalue weighted by molar-refractivity contribution is 5.98. The molecule has 1 amide bonds. The Bertz CT molecular complexity index is 1470. The van der Waals surface area contributed by atoms with Gasteiger partial charge in [0.1, 0.15) is 12.4 Å². The number of nitrogens with zero attached hydrogens (tertiary/aromatic N) is 4. The number of nitrogens with one attached hydrogen (secondary N) is 1. The number of amides is 1. The van der Waals surface area contributed by atoms with E-state index in [-0.39, 0.29) is 0 Å². The zero-order valence-electron chi connectivity index (χ0n) is 18.5. The molecule has 5 aromatic rings. The molecule has 0 fully saturated rings. The van der Waals surface area contributed by atoms with E-state index >= 15 is 0 Å². The van der Waals surface area contributed by atoms with E-state index in [1.807, 2.05) is 61.5 Å². The summed E-state index contributed by atoms with van der Waals surface area (Å²) in [5, 5.41) is 15.4. The lowest BCUT2D eigenvalue weighted by atomic mass is 9.97. The molecular formula is C26H22N6O2. The van der Waals surface area contributed by atoms with Crippen LogP contribution in [0.4, 0.5) is 0 Å². The van der Waals surface area contributed by atoms with Crippen LogP contribution in [0.2, 0.25) is 0 Å². The molecule has 3 N–H and O–H groups in total. The number of pyridine rings is 1. The van der Waals surface area contributed by atoms with E-state index in [0.717, 1.165) is 45.3 Å². The summed E-state index contributed by atoms with van der Waals surface area (Å²) in [7, 11) is 0. The molecule has 168 valence electrons. The number of aromatic nitrogens is 5. The minimum absolute atomic E-state index is 0.309. The number of tetrazole rings is 1. The average Bonchev–Trinajstić information content (AvgIpc) is 3.42. The minimum atomic E-state index is -0.492. The molecule has 0 aliphatic rings. The lowest BCUT2D eigenvalue weighted by molar-refractivity contribution is 0.100. The first kappa shape index (κ1) is 21.3. The number of H-pyrrole nitrogens is 1. The zero-order chi connectivity index (χ0) is 23.5. The lowest BCUT2D eigenvalue weighted by Crippen LogP contribution is -2.10. The Morgan fingerprint density at radius 2 is 1.85 bits per heavy atom. The predicted octanol–water partition coefficient (Wildman–Crippen LogP) is 4.32. The second-order valence-electron chi connectivity index (χ2n) is 7.83. The number of hydrogen-bond donors (Lipinski definition) is 2. The maximum absolute atomic E-state index is 11.7. The number of primary amides is 1. The van der Waals surface area contributed by atoms with Gasteiger partial charge in [0.25, 0.3) is 0 Å². The Labute approximate surface area is 195 Å². The number of rotatable bonds is 7. The summed E-state index contributed by atoms with van der Waals surface area (Å²) in [5.41, 5.74) is 11.4. The number of carbonyl (C=O) groups is 1. The quantitative estimate of drug-likeness (QED) is 0.381. The van der Waals surface area contributed by atoms with E-state index < -0.39 is 5.91 Å². The van der Waals surface area contributed by atoms with Crippen molar-refractivity contribution in [1.82, 2.24) is 25.6 Å². The molecule has 8 nitrogen and oxygen atoms in total. The van der Waals surface area contributed by atoms with Gasteiger partial charge < -0.3 is 10.5 Å². The molecule has 0 bridgehead atoms. The summed E-state index contributed by atoms with van der Waals surface area (Å²) in [5.74, 6) is 0.668. The van der Waals surface area contributed by atoms with Crippen LogP contribution in [-0.4, -0.2) is 31.5 Å². The van der Waals surface area contributed by atoms with Crippen LogP contribution < -0.4 is 10.5 Å². The highest BCUT2D eigenvalue weighted by Gasteiger charge is 2.14. The van der Waals surface area contributed by atoms with Crippen molar-refractivity contribution in [2.45, 2.75) is 20.0 Å². The zero-order valence-corrected chi connectivity index (χ0v) is 18.5. The maximum Gasteiger partial charge on any atom is 0.248 e. The smallest absolute Gasteiger partial charge is 0.248 e. The van der Waals surface area contributed by atoms with E-state index in [9.17, 15) is 4.79 Å². The number of benzene rings is 3. The van der Waals surface area contributed by atoms with E-state index in [0.29, 0.717) is 23.7 Å². The van der Waals surface area contributed by atoms with Crippen molar-refractivity contribution in [3.05, 3.63) is 89.6 Å². The lowest BCUT2D eigenvalue weighted by Gasteiger charge is -2.13. The average molecular weight is 451 g/mol. The van der Waals surface area contributed by atoms with Crippen molar-refractivity contribution in [2.75, 3.05) is 0 Å². The van der Waals surface area contributed by atoms with Gasteiger partial charge >= 0.3 is 0 Å². The van der Waals surface area contributed by atoms with Crippen LogP contribution in [0, 0.1) is 0 Å². The molecule has 8 heteroatoms. The number of fused-ring (bicyclic) bond motifs is 1. The number of aromatic amines is 1. The molecule has 0 saturated carbocycles. The first-order chi connectivity index (χ1) is 16.6. The molecule has 0 aliphatic heterocycles. The fourth-order valence-electron chi connectivity index (χ4n) is 3.87. The summed E-state index contributed by atoms with van der Waals surface area (Å²) in [6, 6.07) is 23.2. The van der Waals surface area contributed by atoms with Gasteiger partial charge in [0.05, 0.1) is 5.52 Å². The van der Waals surface area contributed by atoms with E-state index in [2.05, 4.69) is 25.6 Å². The summed E-state index contributed by atoms with van der Waals surface area (Å²) in [6.07, 6.45) is 0.762. The third-order valence-electron chi connectivity index (χ3n) is 5.62. The molecule has 3 aromatic carbocycles. The largest absolute Gasteiger partial charge is 0.488 e. The van der Waals surface area contributed by atoms with Crippen LogP contribution in [0.5, 0.6) is 5.75 Å². The fourth-order valence-corrected chi connectivity index (χ4v) is 3.87. The highest BCUT2D eigenvalue weighted by atomic mass is 16.5. The Hall–Kier alpha value is -4.59. The number of hydrogen-bond acceptors (Lipinski definition) is 6. The number of aryl methyl sites for hydroxylation is 1. The van der Waals surface area contributed by atoms with E-state index in [1.54, 1.807) is 18.2 Å². The van der Waals surface area contributed by atoms with E-state index in [4.69, 9.17) is 10.5 Å². The third kappa shape index (κ3) is 4.21. The van der Waals surface area contributed by atoms with Gasteiger partial charge in [-0.05, 0) is 52.6 Å². The monoisotopic (exact) mass is 450 g/mol. The molecule has 2 aromatic heterocycles. The van der Waals surface area contributed by atoms with Crippen LogP contribution in [0.1, 0.15) is 28.5 Å². The van der Waals surface area contributed by atoms with Gasteiger partial charge in [0, 0.05) is 28.3 Å². The number of carbonyl (C=O) groups excluding carboxylic acids is 1. The van der Waals surface area contributed by atoms with Crippen molar-refractivity contribution >= 4 is 16.8 Å². The predicted molar refractivity (Wildman–Crippen MR) is 129 cm³/mol. The first-order valence-electron chi connectivity index (χ1n) is 10.9. The molecule has 0 aliphatic carbocycles. The van der Waals surface area contributed by atoms with Gasteiger partial charge in [-0.15, -0.1) is 10.2 Å². The number of nitrogens with two attached hydrogens (primary N) is 1. The minimum Gasteiger partial charge on any atom is -0.488 e. The molecule has 0 unspecified atom stereocenters. The fraction of sp³-hybridized carbons (Fsp3) is 0.115. The van der Waals surface area contributed by atoms with Crippen molar-refractivity contribution in [3.63, 3.8) is 0 Å².